The molecule has 0 fully saturated rings. The summed E-state index contributed by atoms with van der Waals surface area (Å²) in [5, 5.41) is 12.3. The molecule has 1 N–H and O–H groups in total. The number of rotatable bonds is 4. The lowest BCUT2D eigenvalue weighted by molar-refractivity contribution is 0.513. The normalized spacial score (nSPS) is 10.1. The van der Waals surface area contributed by atoms with E-state index in [0.717, 1.165) is 23.4 Å². The summed E-state index contributed by atoms with van der Waals surface area (Å²) >= 11 is 0. The summed E-state index contributed by atoms with van der Waals surface area (Å²) in [6.45, 7) is 4.54. The molecule has 0 atom stereocenters. The summed E-state index contributed by atoms with van der Waals surface area (Å²) in [6.07, 6.45) is 2.43. The molecule has 0 aliphatic rings. The highest BCUT2D eigenvalue weighted by Crippen LogP contribution is 2.17. The van der Waals surface area contributed by atoms with Crippen LogP contribution in [0, 0.1) is 25.2 Å². The maximum Gasteiger partial charge on any atom is 0.144 e. The van der Waals surface area contributed by atoms with Crippen LogP contribution in [0.3, 0.4) is 0 Å². The zero-order valence-corrected chi connectivity index (χ0v) is 10.5. The van der Waals surface area contributed by atoms with Crippen LogP contribution in [0.5, 0.6) is 0 Å². The van der Waals surface area contributed by atoms with Gasteiger partial charge >= 0.3 is 0 Å². The lowest BCUT2D eigenvalue weighted by atomic mass is 10.1. The van der Waals surface area contributed by atoms with Crippen molar-refractivity contribution in [2.45, 2.75) is 20.3 Å². The van der Waals surface area contributed by atoms with Gasteiger partial charge in [0.2, 0.25) is 0 Å². The number of hydrogen-bond acceptors (Lipinski definition) is 4. The largest absolute Gasteiger partial charge is 0.469 e. The van der Waals surface area contributed by atoms with Crippen LogP contribution in [0.15, 0.2) is 28.9 Å². The average Bonchev–Trinajstić information content (AvgIpc) is 2.81. The molecule has 0 aliphatic carbocycles. The molecule has 0 amide bonds. The minimum atomic E-state index is 0.611. The Morgan fingerprint density at radius 2 is 2.28 bits per heavy atom. The minimum absolute atomic E-state index is 0.611. The molecule has 92 valence electrons. The van der Waals surface area contributed by atoms with Crippen molar-refractivity contribution in [3.8, 4) is 6.07 Å². The molecular formula is C14H15N3O. The second kappa shape index (κ2) is 5.37. The van der Waals surface area contributed by atoms with Crippen LogP contribution in [0.2, 0.25) is 0 Å². The van der Waals surface area contributed by atoms with E-state index in [2.05, 4.69) is 16.4 Å². The fourth-order valence-electron chi connectivity index (χ4n) is 1.86. The summed E-state index contributed by atoms with van der Waals surface area (Å²) in [4.78, 5) is 4.36. The summed E-state index contributed by atoms with van der Waals surface area (Å²) in [5.74, 6) is 1.58. The van der Waals surface area contributed by atoms with Crippen LogP contribution >= 0.6 is 0 Å². The molecule has 0 saturated carbocycles. The number of furan rings is 1. The third-order valence-electron chi connectivity index (χ3n) is 2.70. The van der Waals surface area contributed by atoms with Crippen molar-refractivity contribution in [1.29, 1.82) is 5.26 Å². The predicted molar refractivity (Wildman–Crippen MR) is 69.3 cm³/mol. The van der Waals surface area contributed by atoms with Crippen molar-refractivity contribution in [3.63, 3.8) is 0 Å². The summed E-state index contributed by atoms with van der Waals surface area (Å²) in [6, 6.07) is 7.90. The molecule has 0 radical (unpaired) electrons. The molecule has 0 spiro atoms. The Kier molecular flexibility index (Phi) is 3.63. The van der Waals surface area contributed by atoms with Gasteiger partial charge in [-0.15, -0.1) is 0 Å². The van der Waals surface area contributed by atoms with E-state index in [4.69, 9.17) is 9.68 Å². The molecule has 2 aromatic heterocycles. The van der Waals surface area contributed by atoms with Gasteiger partial charge in [0.05, 0.1) is 11.8 Å². The molecule has 2 rings (SSSR count). The Hall–Kier alpha value is -2.28. The average molecular weight is 241 g/mol. The molecule has 2 aromatic rings. The number of hydrogen-bond donors (Lipinski definition) is 1. The lowest BCUT2D eigenvalue weighted by Gasteiger charge is -2.09. The fourth-order valence-corrected chi connectivity index (χ4v) is 1.86. The minimum Gasteiger partial charge on any atom is -0.469 e. The van der Waals surface area contributed by atoms with E-state index in [1.807, 2.05) is 32.0 Å². The molecule has 2 heterocycles. The number of nitrogens with one attached hydrogen (secondary N) is 1. The Morgan fingerprint density at radius 3 is 2.94 bits per heavy atom. The van der Waals surface area contributed by atoms with Crippen LogP contribution in [0.1, 0.15) is 22.6 Å². The van der Waals surface area contributed by atoms with Gasteiger partial charge in [-0.3, -0.25) is 0 Å². The quantitative estimate of drug-likeness (QED) is 0.894. The summed E-state index contributed by atoms with van der Waals surface area (Å²) in [7, 11) is 0. The van der Waals surface area contributed by atoms with Crippen molar-refractivity contribution < 1.29 is 4.42 Å². The van der Waals surface area contributed by atoms with E-state index >= 15 is 0 Å². The number of aromatic nitrogens is 1. The molecule has 0 bridgehead atoms. The fraction of sp³-hybridized carbons (Fsp3) is 0.286. The predicted octanol–water partition coefficient (Wildman–Crippen LogP) is 2.82. The number of nitriles is 1. The van der Waals surface area contributed by atoms with Crippen molar-refractivity contribution in [2.75, 3.05) is 11.9 Å². The SMILES string of the molecule is Cc1cc(C)c(C#N)c(NCCc2ccco2)n1. The van der Waals surface area contributed by atoms with Crippen LogP contribution in [-0.2, 0) is 6.42 Å². The van der Waals surface area contributed by atoms with Gasteiger partial charge in [-0.1, -0.05) is 0 Å². The first kappa shape index (κ1) is 12.2. The third kappa shape index (κ3) is 2.69. The van der Waals surface area contributed by atoms with Gasteiger partial charge in [0.1, 0.15) is 17.6 Å². The second-order valence-electron chi connectivity index (χ2n) is 4.17. The number of anilines is 1. The van der Waals surface area contributed by atoms with E-state index in [-0.39, 0.29) is 0 Å². The first-order valence-electron chi connectivity index (χ1n) is 5.85. The van der Waals surface area contributed by atoms with E-state index in [9.17, 15) is 0 Å². The van der Waals surface area contributed by atoms with Crippen molar-refractivity contribution in [3.05, 3.63) is 47.0 Å². The third-order valence-corrected chi connectivity index (χ3v) is 2.70. The van der Waals surface area contributed by atoms with Gasteiger partial charge in [0, 0.05) is 18.7 Å². The molecule has 0 saturated heterocycles. The van der Waals surface area contributed by atoms with Gasteiger partial charge in [0.15, 0.2) is 0 Å². The van der Waals surface area contributed by atoms with Gasteiger partial charge < -0.3 is 9.73 Å². The van der Waals surface area contributed by atoms with E-state index in [1.165, 1.54) is 0 Å². The van der Waals surface area contributed by atoms with Gasteiger partial charge in [-0.2, -0.15) is 5.26 Å². The number of pyridine rings is 1. The van der Waals surface area contributed by atoms with Crippen LogP contribution in [0.25, 0.3) is 0 Å². The monoisotopic (exact) mass is 241 g/mol. The topological polar surface area (TPSA) is 61.9 Å². The number of nitrogens with zero attached hydrogens (tertiary/aromatic N) is 2. The molecular weight excluding hydrogens is 226 g/mol. The van der Waals surface area contributed by atoms with Gasteiger partial charge in [-0.05, 0) is 37.6 Å². The van der Waals surface area contributed by atoms with E-state index in [0.29, 0.717) is 17.9 Å². The standard InChI is InChI=1S/C14H15N3O/c1-10-8-11(2)17-14(13(10)9-15)16-6-5-12-4-3-7-18-12/h3-4,7-8H,5-6H2,1-2H3,(H,16,17). The molecule has 4 nitrogen and oxygen atoms in total. The van der Waals surface area contributed by atoms with E-state index < -0.39 is 0 Å². The molecule has 18 heavy (non-hydrogen) atoms. The highest BCUT2D eigenvalue weighted by molar-refractivity contribution is 5.56. The highest BCUT2D eigenvalue weighted by Gasteiger charge is 2.07. The second-order valence-corrected chi connectivity index (χ2v) is 4.17. The van der Waals surface area contributed by atoms with Crippen molar-refractivity contribution >= 4 is 5.82 Å². The van der Waals surface area contributed by atoms with Crippen molar-refractivity contribution in [1.82, 2.24) is 4.98 Å². The Balaban J connectivity index is 2.07. The van der Waals surface area contributed by atoms with Crippen molar-refractivity contribution in [2.24, 2.45) is 0 Å². The molecule has 0 unspecified atom stereocenters. The summed E-state index contributed by atoms with van der Waals surface area (Å²) in [5.41, 5.74) is 2.47. The van der Waals surface area contributed by atoms with Gasteiger partial charge in [0.25, 0.3) is 0 Å². The maximum atomic E-state index is 9.12. The van der Waals surface area contributed by atoms with Crippen LogP contribution in [-0.4, -0.2) is 11.5 Å². The smallest absolute Gasteiger partial charge is 0.144 e. The first-order chi connectivity index (χ1) is 8.70. The zero-order valence-electron chi connectivity index (χ0n) is 10.5. The van der Waals surface area contributed by atoms with E-state index in [1.54, 1.807) is 6.26 Å². The van der Waals surface area contributed by atoms with Crippen LogP contribution < -0.4 is 5.32 Å². The Labute approximate surface area is 106 Å². The zero-order chi connectivity index (χ0) is 13.0. The Bertz CT molecular complexity index is 567. The molecule has 0 aromatic carbocycles. The van der Waals surface area contributed by atoms with Crippen LogP contribution in [0.4, 0.5) is 5.82 Å². The molecule has 4 heteroatoms. The summed E-state index contributed by atoms with van der Waals surface area (Å²) < 4.78 is 5.25. The maximum absolute atomic E-state index is 9.12. The lowest BCUT2D eigenvalue weighted by Crippen LogP contribution is -2.09. The molecule has 0 aliphatic heterocycles. The Morgan fingerprint density at radius 1 is 1.44 bits per heavy atom. The number of aryl methyl sites for hydroxylation is 2. The highest BCUT2D eigenvalue weighted by atomic mass is 16.3. The van der Waals surface area contributed by atoms with Gasteiger partial charge in [-0.25, -0.2) is 4.98 Å². The first-order valence-corrected chi connectivity index (χ1v) is 5.85.